The molecule has 0 aliphatic carbocycles. The number of aryl methyl sites for hydroxylation is 1. The highest BCUT2D eigenvalue weighted by molar-refractivity contribution is 7.12. The molecular formula is C16H28N2OS. The summed E-state index contributed by atoms with van der Waals surface area (Å²) in [7, 11) is 2.25. The fraction of sp³-hybridized carbons (Fsp3) is 0.750. The predicted molar refractivity (Wildman–Crippen MR) is 86.4 cm³/mol. The van der Waals surface area contributed by atoms with Gasteiger partial charge in [0.1, 0.15) is 0 Å². The number of ether oxygens (including phenoxy) is 1. The maximum absolute atomic E-state index is 5.45. The molecule has 0 spiro atoms. The summed E-state index contributed by atoms with van der Waals surface area (Å²) < 4.78 is 5.45. The zero-order valence-electron chi connectivity index (χ0n) is 13.1. The third-order valence-corrected chi connectivity index (χ3v) is 5.12. The van der Waals surface area contributed by atoms with Crippen molar-refractivity contribution in [3.05, 3.63) is 21.4 Å². The molecule has 114 valence electrons. The van der Waals surface area contributed by atoms with Gasteiger partial charge in [0.2, 0.25) is 0 Å². The van der Waals surface area contributed by atoms with Gasteiger partial charge in [0.05, 0.1) is 0 Å². The van der Waals surface area contributed by atoms with Crippen molar-refractivity contribution < 1.29 is 4.74 Å². The zero-order chi connectivity index (χ0) is 14.4. The Morgan fingerprint density at radius 3 is 2.85 bits per heavy atom. The maximum atomic E-state index is 5.45. The van der Waals surface area contributed by atoms with E-state index >= 15 is 0 Å². The quantitative estimate of drug-likeness (QED) is 0.782. The van der Waals surface area contributed by atoms with Crippen molar-refractivity contribution in [2.75, 3.05) is 26.8 Å². The van der Waals surface area contributed by atoms with Gasteiger partial charge in [-0.05, 0) is 51.4 Å². The highest BCUT2D eigenvalue weighted by Crippen LogP contribution is 2.24. The number of hydrogen-bond acceptors (Lipinski definition) is 4. The largest absolute Gasteiger partial charge is 0.381 e. The highest BCUT2D eigenvalue weighted by atomic mass is 32.1. The van der Waals surface area contributed by atoms with E-state index in [1.165, 1.54) is 34.6 Å². The summed E-state index contributed by atoms with van der Waals surface area (Å²) in [4.78, 5) is 5.43. The Labute approximate surface area is 127 Å². The van der Waals surface area contributed by atoms with Gasteiger partial charge in [0.15, 0.2) is 0 Å². The van der Waals surface area contributed by atoms with Crippen LogP contribution in [0.15, 0.2) is 6.07 Å². The van der Waals surface area contributed by atoms with Crippen molar-refractivity contribution in [3.8, 4) is 0 Å². The van der Waals surface area contributed by atoms with E-state index in [9.17, 15) is 0 Å². The summed E-state index contributed by atoms with van der Waals surface area (Å²) in [6.07, 6.45) is 3.54. The molecule has 1 aromatic rings. The topological polar surface area (TPSA) is 24.5 Å². The second-order valence-corrected chi connectivity index (χ2v) is 7.07. The first-order chi connectivity index (χ1) is 9.70. The van der Waals surface area contributed by atoms with Gasteiger partial charge in [-0.2, -0.15) is 0 Å². The van der Waals surface area contributed by atoms with Crippen LogP contribution in [0.1, 0.15) is 41.5 Å². The van der Waals surface area contributed by atoms with E-state index in [1.54, 1.807) is 0 Å². The molecule has 0 bridgehead atoms. The highest BCUT2D eigenvalue weighted by Gasteiger charge is 2.19. The molecule has 2 rings (SSSR count). The first-order valence-corrected chi connectivity index (χ1v) is 8.59. The molecule has 1 aliphatic rings. The van der Waals surface area contributed by atoms with Crippen LogP contribution in [0.4, 0.5) is 0 Å². The van der Waals surface area contributed by atoms with Gasteiger partial charge in [-0.25, -0.2) is 0 Å². The van der Waals surface area contributed by atoms with Gasteiger partial charge in [0, 0.05) is 42.1 Å². The van der Waals surface area contributed by atoms with E-state index in [4.69, 9.17) is 4.74 Å². The number of thiophene rings is 1. The number of nitrogens with one attached hydrogen (secondary N) is 1. The van der Waals surface area contributed by atoms with Crippen LogP contribution in [0.2, 0.25) is 0 Å². The molecule has 0 unspecified atom stereocenters. The van der Waals surface area contributed by atoms with Gasteiger partial charge in [-0.3, -0.25) is 4.90 Å². The first-order valence-electron chi connectivity index (χ1n) is 7.77. The second kappa shape index (κ2) is 8.13. The van der Waals surface area contributed by atoms with Crippen molar-refractivity contribution in [3.63, 3.8) is 0 Å². The van der Waals surface area contributed by atoms with Crippen LogP contribution in [0.5, 0.6) is 0 Å². The molecule has 1 saturated heterocycles. The fourth-order valence-corrected chi connectivity index (χ4v) is 3.77. The molecule has 2 heterocycles. The van der Waals surface area contributed by atoms with Crippen LogP contribution in [0, 0.1) is 6.92 Å². The molecule has 1 N–H and O–H groups in total. The Morgan fingerprint density at radius 1 is 1.40 bits per heavy atom. The van der Waals surface area contributed by atoms with Gasteiger partial charge < -0.3 is 10.1 Å². The number of hydrogen-bond donors (Lipinski definition) is 1. The third kappa shape index (κ3) is 4.55. The molecule has 0 saturated carbocycles. The normalized spacial score (nSPS) is 17.0. The monoisotopic (exact) mass is 296 g/mol. The molecule has 4 heteroatoms. The van der Waals surface area contributed by atoms with Crippen LogP contribution < -0.4 is 5.32 Å². The Morgan fingerprint density at radius 2 is 2.15 bits per heavy atom. The van der Waals surface area contributed by atoms with Crippen LogP contribution in [0.3, 0.4) is 0 Å². The molecule has 1 aromatic heterocycles. The molecular weight excluding hydrogens is 268 g/mol. The van der Waals surface area contributed by atoms with Crippen LogP contribution in [-0.2, 0) is 17.8 Å². The van der Waals surface area contributed by atoms with E-state index in [0.29, 0.717) is 6.04 Å². The summed E-state index contributed by atoms with van der Waals surface area (Å²) in [5, 5.41) is 3.49. The molecule has 0 atom stereocenters. The average Bonchev–Trinajstić information content (AvgIpc) is 2.80. The van der Waals surface area contributed by atoms with E-state index in [2.05, 4.69) is 37.2 Å². The lowest BCUT2D eigenvalue weighted by molar-refractivity contribution is 0.0407. The van der Waals surface area contributed by atoms with Crippen molar-refractivity contribution in [1.29, 1.82) is 0 Å². The lowest BCUT2D eigenvalue weighted by Gasteiger charge is -2.31. The predicted octanol–water partition coefficient (Wildman–Crippen LogP) is 3.17. The summed E-state index contributed by atoms with van der Waals surface area (Å²) >= 11 is 1.94. The number of nitrogens with zero attached hydrogens (tertiary/aromatic N) is 1. The molecule has 0 radical (unpaired) electrons. The lowest BCUT2D eigenvalue weighted by Crippen LogP contribution is -2.36. The smallest absolute Gasteiger partial charge is 0.0480 e. The molecule has 0 aromatic carbocycles. The van der Waals surface area contributed by atoms with Gasteiger partial charge in [-0.1, -0.05) is 6.92 Å². The van der Waals surface area contributed by atoms with Gasteiger partial charge in [0.25, 0.3) is 0 Å². The lowest BCUT2D eigenvalue weighted by atomic mass is 10.1. The Balaban J connectivity index is 1.87. The van der Waals surface area contributed by atoms with E-state index in [1.807, 2.05) is 11.3 Å². The van der Waals surface area contributed by atoms with Crippen molar-refractivity contribution in [1.82, 2.24) is 10.2 Å². The molecule has 3 nitrogen and oxygen atoms in total. The van der Waals surface area contributed by atoms with Gasteiger partial charge in [-0.15, -0.1) is 11.3 Å². The van der Waals surface area contributed by atoms with Gasteiger partial charge >= 0.3 is 0 Å². The second-order valence-electron chi connectivity index (χ2n) is 5.73. The summed E-state index contributed by atoms with van der Waals surface area (Å²) in [6, 6.07) is 3.07. The minimum Gasteiger partial charge on any atom is -0.381 e. The van der Waals surface area contributed by atoms with E-state index < -0.39 is 0 Å². The minimum atomic E-state index is 0.685. The minimum absolute atomic E-state index is 0.685. The first kappa shape index (κ1) is 16.0. The Hall–Kier alpha value is -0.420. The standard InChI is InChI=1S/C16H28N2OS/c1-4-7-17-11-16-10-14(13(2)20-16)12-18(3)15-5-8-19-9-6-15/h10,15,17H,4-9,11-12H2,1-3H3. The van der Waals surface area contributed by atoms with Crippen LogP contribution in [0.25, 0.3) is 0 Å². The number of rotatable bonds is 7. The van der Waals surface area contributed by atoms with Crippen LogP contribution in [-0.4, -0.2) is 37.7 Å². The summed E-state index contributed by atoms with van der Waals surface area (Å²) in [6.45, 7) is 9.49. The molecule has 20 heavy (non-hydrogen) atoms. The van der Waals surface area contributed by atoms with Crippen molar-refractivity contribution in [2.24, 2.45) is 0 Å². The van der Waals surface area contributed by atoms with E-state index in [-0.39, 0.29) is 0 Å². The van der Waals surface area contributed by atoms with Crippen molar-refractivity contribution in [2.45, 2.75) is 52.2 Å². The molecule has 1 fully saturated rings. The molecule has 1 aliphatic heterocycles. The zero-order valence-corrected chi connectivity index (χ0v) is 13.9. The maximum Gasteiger partial charge on any atom is 0.0480 e. The Bertz CT molecular complexity index is 399. The Kier molecular flexibility index (Phi) is 6.49. The molecule has 0 amide bonds. The van der Waals surface area contributed by atoms with Crippen molar-refractivity contribution >= 4 is 11.3 Å². The average molecular weight is 296 g/mol. The third-order valence-electron chi connectivity index (χ3n) is 4.03. The fourth-order valence-electron chi connectivity index (χ4n) is 2.74. The van der Waals surface area contributed by atoms with Crippen LogP contribution >= 0.6 is 11.3 Å². The summed E-state index contributed by atoms with van der Waals surface area (Å²) in [5.74, 6) is 0. The van der Waals surface area contributed by atoms with E-state index in [0.717, 1.165) is 32.8 Å². The summed E-state index contributed by atoms with van der Waals surface area (Å²) in [5.41, 5.74) is 1.50. The SMILES string of the molecule is CCCNCc1cc(CN(C)C2CCOCC2)c(C)s1.